The summed E-state index contributed by atoms with van der Waals surface area (Å²) in [6, 6.07) is 10.8. The molecule has 0 fully saturated rings. The summed E-state index contributed by atoms with van der Waals surface area (Å²) in [6.45, 7) is 4.91. The topological polar surface area (TPSA) is 26.0 Å². The van der Waals surface area contributed by atoms with Crippen molar-refractivity contribution in [2.24, 2.45) is 5.73 Å². The van der Waals surface area contributed by atoms with Gasteiger partial charge in [0.1, 0.15) is 0 Å². The minimum absolute atomic E-state index is 0.634. The Balaban J connectivity index is 2.44. The van der Waals surface area contributed by atoms with Crippen LogP contribution in [0.4, 0.5) is 0 Å². The second-order valence-electron chi connectivity index (χ2n) is 3.79. The van der Waals surface area contributed by atoms with Gasteiger partial charge in [-0.3, -0.25) is 0 Å². The highest BCUT2D eigenvalue weighted by Crippen LogP contribution is 2.30. The van der Waals surface area contributed by atoms with E-state index < -0.39 is 0 Å². The first-order valence-electron chi connectivity index (χ1n) is 5.07. The second kappa shape index (κ2) is 4.17. The third-order valence-corrected chi connectivity index (χ3v) is 3.65. The van der Waals surface area contributed by atoms with Crippen molar-refractivity contribution in [1.82, 2.24) is 0 Å². The van der Waals surface area contributed by atoms with E-state index in [0.29, 0.717) is 6.54 Å². The lowest BCUT2D eigenvalue weighted by molar-refractivity contribution is 1.11. The molecule has 1 heterocycles. The SMILES string of the molecule is Cc1ccc(-c2ccc(CN)s2)c(C)c1. The molecule has 0 saturated heterocycles. The summed E-state index contributed by atoms with van der Waals surface area (Å²) < 4.78 is 0. The summed E-state index contributed by atoms with van der Waals surface area (Å²) in [6.07, 6.45) is 0. The summed E-state index contributed by atoms with van der Waals surface area (Å²) in [7, 11) is 0. The molecule has 1 nitrogen and oxygen atoms in total. The number of thiophene rings is 1. The number of benzene rings is 1. The molecule has 15 heavy (non-hydrogen) atoms. The van der Waals surface area contributed by atoms with Crippen molar-refractivity contribution in [3.05, 3.63) is 46.3 Å². The molecule has 0 unspecified atom stereocenters. The van der Waals surface area contributed by atoms with Gasteiger partial charge in [-0.25, -0.2) is 0 Å². The summed E-state index contributed by atoms with van der Waals surface area (Å²) in [5, 5.41) is 0. The highest BCUT2D eigenvalue weighted by molar-refractivity contribution is 7.15. The molecule has 2 heteroatoms. The lowest BCUT2D eigenvalue weighted by atomic mass is 10.0. The van der Waals surface area contributed by atoms with Crippen LogP contribution in [0.5, 0.6) is 0 Å². The smallest absolute Gasteiger partial charge is 0.0348 e. The molecule has 0 amide bonds. The van der Waals surface area contributed by atoms with E-state index in [1.165, 1.54) is 26.4 Å². The average Bonchev–Trinajstić information content (AvgIpc) is 2.66. The van der Waals surface area contributed by atoms with Crippen LogP contribution < -0.4 is 5.73 Å². The quantitative estimate of drug-likeness (QED) is 0.818. The Labute approximate surface area is 94.6 Å². The summed E-state index contributed by atoms with van der Waals surface area (Å²) in [5.74, 6) is 0. The third kappa shape index (κ3) is 2.11. The van der Waals surface area contributed by atoms with Crippen molar-refractivity contribution in [2.75, 3.05) is 0 Å². The van der Waals surface area contributed by atoms with Gasteiger partial charge in [-0.05, 0) is 37.1 Å². The molecule has 0 atom stereocenters. The number of hydrogen-bond acceptors (Lipinski definition) is 2. The Morgan fingerprint density at radius 2 is 1.93 bits per heavy atom. The molecular weight excluding hydrogens is 202 g/mol. The summed E-state index contributed by atoms with van der Waals surface area (Å²) in [5.41, 5.74) is 9.58. The maximum absolute atomic E-state index is 5.61. The highest BCUT2D eigenvalue weighted by atomic mass is 32.1. The van der Waals surface area contributed by atoms with Gasteiger partial charge in [-0.1, -0.05) is 23.8 Å². The summed E-state index contributed by atoms with van der Waals surface area (Å²) >= 11 is 1.78. The molecule has 2 rings (SSSR count). The Morgan fingerprint density at radius 1 is 1.13 bits per heavy atom. The maximum Gasteiger partial charge on any atom is 0.0348 e. The molecule has 0 spiro atoms. The number of hydrogen-bond donors (Lipinski definition) is 1. The lowest BCUT2D eigenvalue weighted by Crippen LogP contribution is -1.91. The van der Waals surface area contributed by atoms with Crippen LogP contribution in [-0.2, 0) is 6.54 Å². The van der Waals surface area contributed by atoms with Gasteiger partial charge in [0, 0.05) is 16.3 Å². The van der Waals surface area contributed by atoms with Crippen LogP contribution in [0.1, 0.15) is 16.0 Å². The molecule has 1 aromatic carbocycles. The van der Waals surface area contributed by atoms with Crippen molar-refractivity contribution >= 4 is 11.3 Å². The van der Waals surface area contributed by atoms with Crippen LogP contribution in [0.15, 0.2) is 30.3 Å². The van der Waals surface area contributed by atoms with Crippen molar-refractivity contribution in [2.45, 2.75) is 20.4 Å². The van der Waals surface area contributed by atoms with Crippen molar-refractivity contribution < 1.29 is 0 Å². The first kappa shape index (κ1) is 10.4. The van der Waals surface area contributed by atoms with Gasteiger partial charge >= 0.3 is 0 Å². The minimum Gasteiger partial charge on any atom is -0.326 e. The van der Waals surface area contributed by atoms with E-state index in [4.69, 9.17) is 5.73 Å². The molecule has 0 aliphatic heterocycles. The standard InChI is InChI=1S/C13H15NS/c1-9-3-5-12(10(2)7-9)13-6-4-11(8-14)15-13/h3-7H,8,14H2,1-2H3. The van der Waals surface area contributed by atoms with Crippen LogP contribution in [-0.4, -0.2) is 0 Å². The van der Waals surface area contributed by atoms with Crippen LogP contribution in [0.2, 0.25) is 0 Å². The zero-order valence-electron chi connectivity index (χ0n) is 9.08. The molecule has 0 bridgehead atoms. The van der Waals surface area contributed by atoms with Crippen LogP contribution in [0.25, 0.3) is 10.4 Å². The van der Waals surface area contributed by atoms with Gasteiger partial charge in [0.2, 0.25) is 0 Å². The van der Waals surface area contributed by atoms with E-state index in [9.17, 15) is 0 Å². The molecular formula is C13H15NS. The number of nitrogens with two attached hydrogens (primary N) is 1. The van der Waals surface area contributed by atoms with Crippen molar-refractivity contribution in [1.29, 1.82) is 0 Å². The predicted octanol–water partition coefficient (Wildman–Crippen LogP) is 3.49. The van der Waals surface area contributed by atoms with E-state index in [1.54, 1.807) is 11.3 Å². The van der Waals surface area contributed by atoms with Gasteiger partial charge in [-0.15, -0.1) is 11.3 Å². The Morgan fingerprint density at radius 3 is 2.53 bits per heavy atom. The number of aryl methyl sites for hydroxylation is 2. The Bertz CT molecular complexity index is 471. The van der Waals surface area contributed by atoms with E-state index in [1.807, 2.05) is 0 Å². The molecule has 78 valence electrons. The lowest BCUT2D eigenvalue weighted by Gasteiger charge is -2.03. The van der Waals surface area contributed by atoms with E-state index >= 15 is 0 Å². The minimum atomic E-state index is 0.634. The summed E-state index contributed by atoms with van der Waals surface area (Å²) in [4.78, 5) is 2.55. The fraction of sp³-hybridized carbons (Fsp3) is 0.231. The Kier molecular flexibility index (Phi) is 2.89. The van der Waals surface area contributed by atoms with Gasteiger partial charge in [0.25, 0.3) is 0 Å². The molecule has 0 radical (unpaired) electrons. The van der Waals surface area contributed by atoms with Gasteiger partial charge < -0.3 is 5.73 Å². The molecule has 2 N–H and O–H groups in total. The fourth-order valence-corrected chi connectivity index (χ4v) is 2.70. The first-order valence-corrected chi connectivity index (χ1v) is 5.89. The number of rotatable bonds is 2. The van der Waals surface area contributed by atoms with Crippen molar-refractivity contribution in [3.63, 3.8) is 0 Å². The van der Waals surface area contributed by atoms with E-state index in [-0.39, 0.29) is 0 Å². The molecule has 0 aliphatic carbocycles. The molecule has 0 aliphatic rings. The zero-order valence-corrected chi connectivity index (χ0v) is 9.90. The highest BCUT2D eigenvalue weighted by Gasteiger charge is 2.04. The van der Waals surface area contributed by atoms with Gasteiger partial charge in [0.05, 0.1) is 0 Å². The predicted molar refractivity (Wildman–Crippen MR) is 67.1 cm³/mol. The van der Waals surface area contributed by atoms with E-state index in [0.717, 1.165) is 0 Å². The molecule has 0 saturated carbocycles. The van der Waals surface area contributed by atoms with Gasteiger partial charge in [0.15, 0.2) is 0 Å². The average molecular weight is 217 g/mol. The molecule has 1 aromatic heterocycles. The van der Waals surface area contributed by atoms with Crippen LogP contribution >= 0.6 is 11.3 Å². The monoisotopic (exact) mass is 217 g/mol. The van der Waals surface area contributed by atoms with Crippen LogP contribution in [0, 0.1) is 13.8 Å². The zero-order chi connectivity index (χ0) is 10.8. The van der Waals surface area contributed by atoms with Crippen LogP contribution in [0.3, 0.4) is 0 Å². The largest absolute Gasteiger partial charge is 0.326 e. The van der Waals surface area contributed by atoms with Gasteiger partial charge in [-0.2, -0.15) is 0 Å². The first-order chi connectivity index (χ1) is 7.20. The molecule has 2 aromatic rings. The normalized spacial score (nSPS) is 10.6. The van der Waals surface area contributed by atoms with Crippen molar-refractivity contribution in [3.8, 4) is 10.4 Å². The Hall–Kier alpha value is -1.12. The fourth-order valence-electron chi connectivity index (χ4n) is 1.72. The van der Waals surface area contributed by atoms with E-state index in [2.05, 4.69) is 44.2 Å². The second-order valence-corrected chi connectivity index (χ2v) is 4.96. The maximum atomic E-state index is 5.61. The third-order valence-electron chi connectivity index (χ3n) is 2.51.